The van der Waals surface area contributed by atoms with Gasteiger partial charge in [-0.3, -0.25) is 4.79 Å². The molecule has 2 aliphatic rings. The fourth-order valence-corrected chi connectivity index (χ4v) is 5.11. The van der Waals surface area contributed by atoms with Crippen molar-refractivity contribution in [3.05, 3.63) is 11.3 Å². The monoisotopic (exact) mass is 311 g/mol. The predicted octanol–water partition coefficient (Wildman–Crippen LogP) is 1.63. The average Bonchev–Trinajstić information content (AvgIpc) is 2.89. The molecule has 2 aliphatic heterocycles. The Bertz CT molecular complexity index is 691. The molecule has 1 amide bonds. The van der Waals surface area contributed by atoms with E-state index in [9.17, 15) is 13.2 Å². The Labute approximate surface area is 124 Å². The summed E-state index contributed by atoms with van der Waals surface area (Å²) in [6, 6.07) is -0.163. The molecule has 1 aromatic heterocycles. The Kier molecular flexibility index (Phi) is 3.35. The van der Waals surface area contributed by atoms with Crippen LogP contribution in [0.5, 0.6) is 0 Å². The lowest BCUT2D eigenvalue weighted by molar-refractivity contribution is -0.117. The highest BCUT2D eigenvalue weighted by atomic mass is 32.2. The SMILES string of the molecule is Cc1nn([C@@H]2CCS(=O)(=O)C2)c2c1[C@H](C(C)C)CC(=O)N2. The van der Waals surface area contributed by atoms with Gasteiger partial charge in [0.1, 0.15) is 5.82 Å². The highest BCUT2D eigenvalue weighted by Gasteiger charge is 2.37. The molecular weight excluding hydrogens is 290 g/mol. The van der Waals surface area contributed by atoms with Crippen LogP contribution in [0.25, 0.3) is 0 Å². The third-order valence-corrected chi connectivity index (χ3v) is 6.28. The van der Waals surface area contributed by atoms with Crippen LogP contribution in [-0.4, -0.2) is 35.6 Å². The number of carbonyl (C=O) groups excluding carboxylic acids is 1. The zero-order chi connectivity index (χ0) is 15.4. The quantitative estimate of drug-likeness (QED) is 0.900. The van der Waals surface area contributed by atoms with E-state index < -0.39 is 9.84 Å². The van der Waals surface area contributed by atoms with Gasteiger partial charge in [-0.05, 0) is 19.3 Å². The molecule has 21 heavy (non-hydrogen) atoms. The minimum Gasteiger partial charge on any atom is -0.311 e. The highest BCUT2D eigenvalue weighted by molar-refractivity contribution is 7.91. The number of aromatic nitrogens is 2. The van der Waals surface area contributed by atoms with Gasteiger partial charge in [-0.1, -0.05) is 13.8 Å². The maximum absolute atomic E-state index is 12.0. The van der Waals surface area contributed by atoms with Crippen LogP contribution < -0.4 is 5.32 Å². The summed E-state index contributed by atoms with van der Waals surface area (Å²) in [4.78, 5) is 12.0. The third-order valence-electron chi connectivity index (χ3n) is 4.52. The number of sulfone groups is 1. The number of hydrogen-bond acceptors (Lipinski definition) is 4. The first-order valence-corrected chi connectivity index (χ1v) is 9.20. The van der Waals surface area contributed by atoms with Gasteiger partial charge in [-0.15, -0.1) is 0 Å². The maximum Gasteiger partial charge on any atom is 0.226 e. The number of anilines is 1. The van der Waals surface area contributed by atoms with Crippen molar-refractivity contribution in [1.82, 2.24) is 9.78 Å². The number of aryl methyl sites for hydroxylation is 1. The van der Waals surface area contributed by atoms with Crippen LogP contribution in [-0.2, 0) is 14.6 Å². The molecule has 116 valence electrons. The topological polar surface area (TPSA) is 81.1 Å². The molecule has 6 nitrogen and oxygen atoms in total. The van der Waals surface area contributed by atoms with E-state index >= 15 is 0 Å². The Balaban J connectivity index is 2.06. The second-order valence-electron chi connectivity index (χ2n) is 6.45. The summed E-state index contributed by atoms with van der Waals surface area (Å²) in [5.41, 5.74) is 1.97. The Morgan fingerprint density at radius 3 is 2.67 bits per heavy atom. The van der Waals surface area contributed by atoms with E-state index in [-0.39, 0.29) is 29.4 Å². The highest BCUT2D eigenvalue weighted by Crippen LogP contribution is 2.41. The molecule has 1 saturated heterocycles. The molecule has 0 aromatic carbocycles. The second kappa shape index (κ2) is 4.83. The molecule has 7 heteroatoms. The van der Waals surface area contributed by atoms with Gasteiger partial charge in [0.15, 0.2) is 9.84 Å². The number of nitrogens with zero attached hydrogens (tertiary/aromatic N) is 2. The molecule has 0 spiro atoms. The van der Waals surface area contributed by atoms with Gasteiger partial charge >= 0.3 is 0 Å². The number of amides is 1. The molecule has 1 fully saturated rings. The smallest absolute Gasteiger partial charge is 0.226 e. The summed E-state index contributed by atoms with van der Waals surface area (Å²) in [6.07, 6.45) is 1.04. The summed E-state index contributed by atoms with van der Waals surface area (Å²) in [5, 5.41) is 7.45. The van der Waals surface area contributed by atoms with Gasteiger partial charge in [0.25, 0.3) is 0 Å². The number of fused-ring (bicyclic) bond motifs is 1. The zero-order valence-corrected chi connectivity index (χ0v) is 13.4. The Morgan fingerprint density at radius 1 is 1.38 bits per heavy atom. The number of nitrogens with one attached hydrogen (secondary N) is 1. The van der Waals surface area contributed by atoms with Crippen molar-refractivity contribution in [2.75, 3.05) is 16.8 Å². The van der Waals surface area contributed by atoms with Crippen molar-refractivity contribution in [3.8, 4) is 0 Å². The van der Waals surface area contributed by atoms with E-state index in [1.807, 2.05) is 6.92 Å². The van der Waals surface area contributed by atoms with E-state index in [1.54, 1.807) is 4.68 Å². The Hall–Kier alpha value is -1.37. The number of hydrogen-bond donors (Lipinski definition) is 1. The molecule has 1 aromatic rings. The molecule has 3 rings (SSSR count). The van der Waals surface area contributed by atoms with Crippen molar-refractivity contribution in [3.63, 3.8) is 0 Å². The first-order chi connectivity index (χ1) is 9.78. The zero-order valence-electron chi connectivity index (χ0n) is 12.6. The number of carbonyl (C=O) groups is 1. The second-order valence-corrected chi connectivity index (χ2v) is 8.68. The van der Waals surface area contributed by atoms with Gasteiger partial charge < -0.3 is 5.32 Å². The summed E-state index contributed by atoms with van der Waals surface area (Å²) < 4.78 is 25.1. The lowest BCUT2D eigenvalue weighted by atomic mass is 9.83. The molecule has 0 radical (unpaired) electrons. The van der Waals surface area contributed by atoms with Crippen molar-refractivity contribution in [1.29, 1.82) is 0 Å². The lowest BCUT2D eigenvalue weighted by Crippen LogP contribution is -2.27. The van der Waals surface area contributed by atoms with Crippen LogP contribution in [0.1, 0.15) is 49.9 Å². The van der Waals surface area contributed by atoms with Crippen molar-refractivity contribution < 1.29 is 13.2 Å². The minimum absolute atomic E-state index is 0.0109. The molecule has 1 N–H and O–H groups in total. The van der Waals surface area contributed by atoms with Gasteiger partial charge in [0.2, 0.25) is 5.91 Å². The summed E-state index contributed by atoms with van der Waals surface area (Å²) in [7, 11) is -2.98. The van der Waals surface area contributed by atoms with Crippen molar-refractivity contribution in [2.45, 2.75) is 45.6 Å². The van der Waals surface area contributed by atoms with Crippen LogP contribution in [0.4, 0.5) is 5.82 Å². The summed E-state index contributed by atoms with van der Waals surface area (Å²) in [5.74, 6) is 1.52. The first-order valence-electron chi connectivity index (χ1n) is 7.38. The van der Waals surface area contributed by atoms with Gasteiger partial charge in [0, 0.05) is 17.9 Å². The number of rotatable bonds is 2. The standard InChI is InChI=1S/C14H21N3O3S/c1-8(2)11-6-12(18)15-14-13(11)9(3)16-17(14)10-4-5-21(19,20)7-10/h8,10-11H,4-7H2,1-3H3,(H,15,18)/t10-,11+/m1/s1. The molecule has 0 unspecified atom stereocenters. The molecule has 0 saturated carbocycles. The van der Waals surface area contributed by atoms with Gasteiger partial charge in [-0.25, -0.2) is 13.1 Å². The largest absolute Gasteiger partial charge is 0.311 e. The van der Waals surface area contributed by atoms with E-state index in [4.69, 9.17) is 0 Å². The fraction of sp³-hybridized carbons (Fsp3) is 0.714. The van der Waals surface area contributed by atoms with Crippen molar-refractivity contribution >= 4 is 21.6 Å². The van der Waals surface area contributed by atoms with E-state index in [2.05, 4.69) is 24.3 Å². The lowest BCUT2D eigenvalue weighted by Gasteiger charge is -2.27. The van der Waals surface area contributed by atoms with E-state index in [1.165, 1.54) is 0 Å². The van der Waals surface area contributed by atoms with Gasteiger partial charge in [0.05, 0.1) is 23.2 Å². The van der Waals surface area contributed by atoms with Crippen LogP contribution in [0.3, 0.4) is 0 Å². The predicted molar refractivity (Wildman–Crippen MR) is 80.1 cm³/mol. The van der Waals surface area contributed by atoms with Crippen LogP contribution in [0, 0.1) is 12.8 Å². The van der Waals surface area contributed by atoms with Crippen LogP contribution in [0.15, 0.2) is 0 Å². The molecular formula is C14H21N3O3S. The van der Waals surface area contributed by atoms with E-state index in [0.29, 0.717) is 24.6 Å². The summed E-state index contributed by atoms with van der Waals surface area (Å²) >= 11 is 0. The molecule has 2 atom stereocenters. The maximum atomic E-state index is 12.0. The average molecular weight is 311 g/mol. The molecule has 3 heterocycles. The van der Waals surface area contributed by atoms with Gasteiger partial charge in [-0.2, -0.15) is 5.10 Å². The summed E-state index contributed by atoms with van der Waals surface area (Å²) in [6.45, 7) is 6.14. The molecule has 0 bridgehead atoms. The minimum atomic E-state index is -2.98. The fourth-order valence-electron chi connectivity index (χ4n) is 3.42. The first kappa shape index (κ1) is 14.6. The van der Waals surface area contributed by atoms with Crippen molar-refractivity contribution in [2.24, 2.45) is 5.92 Å². The van der Waals surface area contributed by atoms with Crippen LogP contribution >= 0.6 is 0 Å². The third kappa shape index (κ3) is 2.47. The molecule has 0 aliphatic carbocycles. The normalized spacial score (nSPS) is 27.7. The van der Waals surface area contributed by atoms with E-state index in [0.717, 1.165) is 11.3 Å². The van der Waals surface area contributed by atoms with Crippen LogP contribution in [0.2, 0.25) is 0 Å². The Morgan fingerprint density at radius 2 is 2.10 bits per heavy atom.